The second-order valence-electron chi connectivity index (χ2n) is 13.3. The summed E-state index contributed by atoms with van der Waals surface area (Å²) in [6, 6.07) is 10.7. The number of ether oxygens (including phenoxy) is 3. The molecule has 1 fully saturated rings. The smallest absolute Gasteiger partial charge is 0.451 e. The summed E-state index contributed by atoms with van der Waals surface area (Å²) in [5.74, 6) is -5.24. The molecule has 2 aromatic heterocycles. The Morgan fingerprint density at radius 2 is 1.85 bits per heavy atom. The van der Waals surface area contributed by atoms with Crippen molar-refractivity contribution in [1.29, 1.82) is 0 Å². The third kappa shape index (κ3) is 4.39. The van der Waals surface area contributed by atoms with Crippen molar-refractivity contribution in [1.82, 2.24) is 9.58 Å². The quantitative estimate of drug-likeness (QED) is 0.174. The number of amides is 1. The summed E-state index contributed by atoms with van der Waals surface area (Å²) in [6.45, 7) is 3.87. The largest absolute Gasteiger partial charge is 0.510 e. The highest BCUT2D eigenvalue weighted by atomic mass is 32.1. The van der Waals surface area contributed by atoms with E-state index in [9.17, 15) is 14.4 Å². The number of benzene rings is 2. The second-order valence-corrected chi connectivity index (χ2v) is 14.1. The summed E-state index contributed by atoms with van der Waals surface area (Å²) in [4.78, 5) is 41.7. The zero-order valence-corrected chi connectivity index (χ0v) is 27.0. The fraction of sp³-hybridized carbons (Fsp3) is 0.343. The first-order chi connectivity index (χ1) is 22.9. The SMILES string of the molecule is COC(=O)OCOc1c2n(ccc1=O)N(C1c3ccccc3-c3scc4c3-c3c1ccc(F)c3C(F)(F)C4)C1CC(C)(C)CCN1C2=O. The molecule has 48 heavy (non-hydrogen) atoms. The molecule has 2 aliphatic carbocycles. The molecule has 2 aromatic carbocycles. The van der Waals surface area contributed by atoms with Crippen LogP contribution in [0.25, 0.3) is 21.6 Å². The fourth-order valence-corrected chi connectivity index (χ4v) is 8.85. The van der Waals surface area contributed by atoms with Gasteiger partial charge in [0.05, 0.1) is 18.7 Å². The van der Waals surface area contributed by atoms with Crippen molar-refractivity contribution < 1.29 is 37.0 Å². The first-order valence-corrected chi connectivity index (χ1v) is 16.4. The molecule has 4 aromatic rings. The predicted octanol–water partition coefficient (Wildman–Crippen LogP) is 6.79. The van der Waals surface area contributed by atoms with Crippen LogP contribution in [-0.2, 0) is 21.8 Å². The summed E-state index contributed by atoms with van der Waals surface area (Å²) < 4.78 is 64.1. The highest BCUT2D eigenvalue weighted by Crippen LogP contribution is 2.58. The Hall–Kier alpha value is -4.78. The van der Waals surface area contributed by atoms with E-state index in [1.807, 2.05) is 29.3 Å². The number of aromatic nitrogens is 1. The topological polar surface area (TPSA) is 90.3 Å². The number of rotatable bonds is 4. The lowest BCUT2D eigenvalue weighted by molar-refractivity contribution is -0.00827. The van der Waals surface area contributed by atoms with Gasteiger partial charge in [-0.05, 0) is 52.0 Å². The highest BCUT2D eigenvalue weighted by Gasteiger charge is 2.52. The minimum Gasteiger partial charge on any atom is -0.451 e. The number of methoxy groups -OCH3 is 1. The zero-order valence-electron chi connectivity index (χ0n) is 26.2. The van der Waals surface area contributed by atoms with Gasteiger partial charge in [-0.2, -0.15) is 0 Å². The summed E-state index contributed by atoms with van der Waals surface area (Å²) in [7, 11) is 1.12. The van der Waals surface area contributed by atoms with Crippen LogP contribution in [0.15, 0.2) is 58.8 Å². The number of halogens is 3. The van der Waals surface area contributed by atoms with Crippen LogP contribution in [0.5, 0.6) is 5.75 Å². The van der Waals surface area contributed by atoms with Gasteiger partial charge in [0.1, 0.15) is 12.0 Å². The van der Waals surface area contributed by atoms with Crippen LogP contribution in [0, 0.1) is 11.2 Å². The number of carbonyl (C=O) groups excluding carboxylic acids is 2. The van der Waals surface area contributed by atoms with E-state index in [2.05, 4.69) is 18.6 Å². The van der Waals surface area contributed by atoms with Crippen molar-refractivity contribution in [3.05, 3.63) is 98.0 Å². The van der Waals surface area contributed by atoms with Crippen molar-refractivity contribution in [3.63, 3.8) is 0 Å². The number of piperidine rings is 1. The summed E-state index contributed by atoms with van der Waals surface area (Å²) in [5, 5.41) is 3.67. The molecule has 0 radical (unpaired) electrons. The van der Waals surface area contributed by atoms with Gasteiger partial charge in [-0.25, -0.2) is 18.0 Å². The standard InChI is InChI=1S/C35H30F3N3O6S/c1-34(2)11-13-39-24(15-34)41(40-12-10-23(42)30(29(40)32(39)43)46-17-47-33(44)45-3)28-19-6-4-5-7-20(19)31-25-18(16-48-31)14-35(37,38)27-22(36)9-8-21(28)26(25)27/h4-10,12,16,24,28H,11,13-15,17H2,1-3H3. The maximum Gasteiger partial charge on any atom is 0.510 e. The van der Waals surface area contributed by atoms with Crippen molar-refractivity contribution in [2.45, 2.75) is 51.2 Å². The van der Waals surface area contributed by atoms with E-state index in [1.165, 1.54) is 23.6 Å². The Bertz CT molecular complexity index is 2090. The molecule has 8 rings (SSSR count). The first-order valence-electron chi connectivity index (χ1n) is 15.5. The summed E-state index contributed by atoms with van der Waals surface area (Å²) >= 11 is 1.35. The number of alkyl halides is 2. The molecule has 1 amide bonds. The van der Waals surface area contributed by atoms with Crippen LogP contribution in [-0.4, -0.2) is 48.3 Å². The van der Waals surface area contributed by atoms with Crippen LogP contribution in [0.4, 0.5) is 18.0 Å². The normalized spacial score (nSPS) is 20.9. The number of thiophene rings is 1. The lowest BCUT2D eigenvalue weighted by Gasteiger charge is -2.55. The van der Waals surface area contributed by atoms with Crippen LogP contribution in [0.1, 0.15) is 65.5 Å². The molecule has 13 heteroatoms. The van der Waals surface area contributed by atoms with Crippen molar-refractivity contribution in [2.75, 3.05) is 25.5 Å². The van der Waals surface area contributed by atoms with Gasteiger partial charge in [0, 0.05) is 41.2 Å². The average molecular weight is 678 g/mol. The zero-order chi connectivity index (χ0) is 33.7. The van der Waals surface area contributed by atoms with Gasteiger partial charge in [0.2, 0.25) is 18.0 Å². The minimum atomic E-state index is -3.46. The molecular formula is C35H30F3N3O6S. The van der Waals surface area contributed by atoms with Crippen molar-refractivity contribution in [3.8, 4) is 27.3 Å². The number of hydrogen-bond acceptors (Lipinski definition) is 8. The molecule has 0 saturated carbocycles. The van der Waals surface area contributed by atoms with Crippen LogP contribution >= 0.6 is 11.3 Å². The lowest BCUT2D eigenvalue weighted by atomic mass is 9.78. The van der Waals surface area contributed by atoms with Gasteiger partial charge in [-0.15, -0.1) is 11.3 Å². The average Bonchev–Trinajstić information content (AvgIpc) is 3.41. The predicted molar refractivity (Wildman–Crippen MR) is 170 cm³/mol. The summed E-state index contributed by atoms with van der Waals surface area (Å²) in [6.07, 6.45) is 0.417. The van der Waals surface area contributed by atoms with E-state index in [4.69, 9.17) is 9.47 Å². The van der Waals surface area contributed by atoms with E-state index in [-0.39, 0.29) is 22.4 Å². The van der Waals surface area contributed by atoms with E-state index in [0.29, 0.717) is 36.1 Å². The molecule has 9 nitrogen and oxygen atoms in total. The third-order valence-electron chi connectivity index (χ3n) is 9.87. The van der Waals surface area contributed by atoms with Crippen molar-refractivity contribution in [2.24, 2.45) is 5.41 Å². The monoisotopic (exact) mass is 677 g/mol. The number of pyridine rings is 1. The minimum absolute atomic E-state index is 0.106. The Morgan fingerprint density at radius 3 is 2.65 bits per heavy atom. The molecular weight excluding hydrogens is 647 g/mol. The van der Waals surface area contributed by atoms with E-state index in [1.54, 1.807) is 21.0 Å². The van der Waals surface area contributed by atoms with Gasteiger partial charge in [-0.3, -0.25) is 19.3 Å². The third-order valence-corrected chi connectivity index (χ3v) is 10.9. The van der Waals surface area contributed by atoms with Crippen LogP contribution < -0.4 is 15.2 Å². The summed E-state index contributed by atoms with van der Waals surface area (Å²) in [5.41, 5.74) is 1.67. The number of fused-ring (bicyclic) bond motifs is 4. The maximum atomic E-state index is 15.9. The van der Waals surface area contributed by atoms with Gasteiger partial charge in [-0.1, -0.05) is 44.2 Å². The fourth-order valence-electron chi connectivity index (χ4n) is 7.73. The van der Waals surface area contributed by atoms with E-state index < -0.39 is 60.2 Å². The number of hydrogen-bond donors (Lipinski definition) is 0. The van der Waals surface area contributed by atoms with Crippen LogP contribution in [0.2, 0.25) is 0 Å². The molecule has 2 aliphatic heterocycles. The molecule has 1 saturated heterocycles. The van der Waals surface area contributed by atoms with E-state index in [0.717, 1.165) is 29.2 Å². The molecule has 4 aliphatic rings. The van der Waals surface area contributed by atoms with Gasteiger partial charge in [0.25, 0.3) is 11.8 Å². The Morgan fingerprint density at radius 1 is 1.06 bits per heavy atom. The Balaban J connectivity index is 1.42. The van der Waals surface area contributed by atoms with Crippen LogP contribution in [0.3, 0.4) is 0 Å². The van der Waals surface area contributed by atoms with Crippen molar-refractivity contribution >= 4 is 23.4 Å². The second kappa shape index (κ2) is 10.6. The molecule has 0 spiro atoms. The molecule has 4 heterocycles. The molecule has 0 N–H and O–H groups in total. The lowest BCUT2D eigenvalue weighted by Crippen LogP contribution is -2.65. The van der Waals surface area contributed by atoms with Gasteiger partial charge >= 0.3 is 6.16 Å². The first kappa shape index (κ1) is 30.5. The molecule has 0 bridgehead atoms. The van der Waals surface area contributed by atoms with Gasteiger partial charge < -0.3 is 19.1 Å². The Kier molecular flexibility index (Phi) is 6.75. The highest BCUT2D eigenvalue weighted by molar-refractivity contribution is 7.14. The number of carbonyl (C=O) groups is 2. The molecule has 248 valence electrons. The number of nitrogens with zero attached hydrogens (tertiary/aromatic N) is 3. The molecule has 2 unspecified atom stereocenters. The Labute approximate surface area is 277 Å². The van der Waals surface area contributed by atoms with Gasteiger partial charge in [0.15, 0.2) is 5.69 Å². The molecule has 2 atom stereocenters. The van der Waals surface area contributed by atoms with E-state index >= 15 is 13.2 Å². The maximum absolute atomic E-state index is 15.9.